The molecule has 0 fully saturated rings. The van der Waals surface area contributed by atoms with Crippen molar-refractivity contribution in [2.24, 2.45) is 0 Å². The number of ether oxygens (including phenoxy) is 1. The van der Waals surface area contributed by atoms with Gasteiger partial charge in [-0.15, -0.1) is 0 Å². The Kier molecular flexibility index (Phi) is 4.70. The molecule has 0 aliphatic heterocycles. The molecule has 1 N–H and O–H groups in total. The number of nitro benzene ring substituents is 1. The van der Waals surface area contributed by atoms with Crippen molar-refractivity contribution >= 4 is 21.6 Å². The van der Waals surface area contributed by atoms with Crippen molar-refractivity contribution in [3.05, 3.63) is 32.3 Å². The van der Waals surface area contributed by atoms with Gasteiger partial charge in [0, 0.05) is 17.1 Å². The number of hydrogen-bond donors (Lipinski definition) is 1. The van der Waals surface area contributed by atoms with E-state index in [2.05, 4.69) is 21.2 Å². The Morgan fingerprint density at radius 3 is 2.81 bits per heavy atom. The predicted octanol–water partition coefficient (Wildman–Crippen LogP) is 2.26. The molecule has 0 radical (unpaired) electrons. The Morgan fingerprint density at radius 2 is 2.25 bits per heavy atom. The molecule has 1 aromatic carbocycles. The molecule has 0 heterocycles. The number of rotatable bonds is 5. The predicted molar refractivity (Wildman–Crippen MR) is 65.0 cm³/mol. The molecular formula is C10H13BrN2O3. The van der Waals surface area contributed by atoms with E-state index in [1.807, 2.05) is 0 Å². The summed E-state index contributed by atoms with van der Waals surface area (Å²) in [6.45, 7) is 2.83. The molecule has 1 rings (SSSR count). The fourth-order valence-electron chi connectivity index (χ4n) is 1.29. The molecule has 6 heteroatoms. The highest BCUT2D eigenvalue weighted by molar-refractivity contribution is 9.10. The molecule has 5 nitrogen and oxygen atoms in total. The van der Waals surface area contributed by atoms with Gasteiger partial charge in [-0.25, -0.2) is 0 Å². The van der Waals surface area contributed by atoms with Gasteiger partial charge in [-0.2, -0.15) is 0 Å². The van der Waals surface area contributed by atoms with Crippen LogP contribution < -0.4 is 10.1 Å². The van der Waals surface area contributed by atoms with Crippen LogP contribution in [0.3, 0.4) is 0 Å². The summed E-state index contributed by atoms with van der Waals surface area (Å²) in [4.78, 5) is 10.4. The van der Waals surface area contributed by atoms with Crippen LogP contribution in [0.15, 0.2) is 16.6 Å². The van der Waals surface area contributed by atoms with E-state index in [0.717, 1.165) is 5.56 Å². The van der Waals surface area contributed by atoms with Gasteiger partial charge in [0.1, 0.15) is 6.61 Å². The standard InChI is InChI=1S/C10H13BrN2O3/c1-7-5-8(11)6-9(13(14)15)10(7)16-4-3-12-2/h5-6,12H,3-4H2,1-2H3. The number of nitrogens with zero attached hydrogens (tertiary/aromatic N) is 1. The summed E-state index contributed by atoms with van der Waals surface area (Å²) in [5.41, 5.74) is 0.736. The largest absolute Gasteiger partial charge is 0.485 e. The van der Waals surface area contributed by atoms with Crippen LogP contribution in [0.5, 0.6) is 5.75 Å². The summed E-state index contributed by atoms with van der Waals surface area (Å²) < 4.78 is 6.08. The fourth-order valence-corrected chi connectivity index (χ4v) is 1.85. The third-order valence-corrected chi connectivity index (χ3v) is 2.47. The van der Waals surface area contributed by atoms with E-state index in [0.29, 0.717) is 23.4 Å². The number of hydrogen-bond acceptors (Lipinski definition) is 4. The van der Waals surface area contributed by atoms with Crippen molar-refractivity contribution in [2.45, 2.75) is 6.92 Å². The van der Waals surface area contributed by atoms with E-state index in [4.69, 9.17) is 4.74 Å². The summed E-state index contributed by atoms with van der Waals surface area (Å²) in [6, 6.07) is 3.24. The van der Waals surface area contributed by atoms with Gasteiger partial charge >= 0.3 is 5.69 Å². The maximum absolute atomic E-state index is 10.8. The molecule has 88 valence electrons. The van der Waals surface area contributed by atoms with Crippen molar-refractivity contribution in [3.63, 3.8) is 0 Å². The minimum atomic E-state index is -0.438. The molecule has 1 aromatic rings. The van der Waals surface area contributed by atoms with E-state index < -0.39 is 4.92 Å². The Balaban J connectivity index is 2.99. The number of halogens is 1. The average Bonchev–Trinajstić information content (AvgIpc) is 2.20. The van der Waals surface area contributed by atoms with Crippen LogP contribution in [0.2, 0.25) is 0 Å². The summed E-state index contributed by atoms with van der Waals surface area (Å²) in [5.74, 6) is 0.337. The average molecular weight is 289 g/mol. The minimum absolute atomic E-state index is 0.0111. The molecule has 0 atom stereocenters. The van der Waals surface area contributed by atoms with Crippen LogP contribution in [-0.2, 0) is 0 Å². The molecule has 0 saturated heterocycles. The zero-order valence-electron chi connectivity index (χ0n) is 9.12. The van der Waals surface area contributed by atoms with E-state index in [1.165, 1.54) is 6.07 Å². The lowest BCUT2D eigenvalue weighted by atomic mass is 10.2. The van der Waals surface area contributed by atoms with Gasteiger partial charge in [-0.1, -0.05) is 15.9 Å². The van der Waals surface area contributed by atoms with Crippen LogP contribution in [0.25, 0.3) is 0 Å². The Morgan fingerprint density at radius 1 is 1.56 bits per heavy atom. The van der Waals surface area contributed by atoms with E-state index in [1.54, 1.807) is 20.0 Å². The zero-order chi connectivity index (χ0) is 12.1. The summed E-state index contributed by atoms with van der Waals surface area (Å²) in [5, 5.41) is 13.8. The van der Waals surface area contributed by atoms with E-state index in [9.17, 15) is 10.1 Å². The van der Waals surface area contributed by atoms with Gasteiger partial charge in [0.05, 0.1) is 4.92 Å². The number of benzene rings is 1. The normalized spacial score (nSPS) is 10.2. The van der Waals surface area contributed by atoms with Crippen LogP contribution in [-0.4, -0.2) is 25.1 Å². The van der Waals surface area contributed by atoms with Crippen LogP contribution in [0, 0.1) is 17.0 Å². The highest BCUT2D eigenvalue weighted by Crippen LogP contribution is 2.33. The summed E-state index contributed by atoms with van der Waals surface area (Å²) in [7, 11) is 1.80. The number of aryl methyl sites for hydroxylation is 1. The molecule has 0 aliphatic carbocycles. The Bertz CT molecular complexity index is 396. The third-order valence-electron chi connectivity index (χ3n) is 2.01. The topological polar surface area (TPSA) is 64.4 Å². The lowest BCUT2D eigenvalue weighted by molar-refractivity contribution is -0.386. The van der Waals surface area contributed by atoms with Crippen LogP contribution in [0.1, 0.15) is 5.56 Å². The van der Waals surface area contributed by atoms with E-state index in [-0.39, 0.29) is 5.69 Å². The monoisotopic (exact) mass is 288 g/mol. The lowest BCUT2D eigenvalue weighted by Crippen LogP contribution is -2.16. The van der Waals surface area contributed by atoms with Crippen molar-refractivity contribution in [1.29, 1.82) is 0 Å². The first-order valence-corrected chi connectivity index (χ1v) is 5.57. The van der Waals surface area contributed by atoms with Crippen molar-refractivity contribution in [2.75, 3.05) is 20.2 Å². The SMILES string of the molecule is CNCCOc1c(C)cc(Br)cc1[N+](=O)[O-]. The van der Waals surface area contributed by atoms with Gasteiger partial charge in [0.25, 0.3) is 0 Å². The molecule has 0 unspecified atom stereocenters. The molecule has 0 spiro atoms. The van der Waals surface area contributed by atoms with Crippen molar-refractivity contribution < 1.29 is 9.66 Å². The number of nitro groups is 1. The smallest absolute Gasteiger partial charge is 0.312 e. The van der Waals surface area contributed by atoms with E-state index >= 15 is 0 Å². The number of likely N-dealkylation sites (N-methyl/N-ethyl adjacent to an activating group) is 1. The number of nitrogens with one attached hydrogen (secondary N) is 1. The van der Waals surface area contributed by atoms with Gasteiger partial charge in [-0.3, -0.25) is 10.1 Å². The summed E-state index contributed by atoms with van der Waals surface area (Å²) >= 11 is 3.22. The Labute approximate surface area is 102 Å². The minimum Gasteiger partial charge on any atom is -0.485 e. The molecular weight excluding hydrogens is 276 g/mol. The first-order chi connectivity index (χ1) is 7.56. The zero-order valence-corrected chi connectivity index (χ0v) is 10.7. The van der Waals surface area contributed by atoms with Crippen LogP contribution in [0.4, 0.5) is 5.69 Å². The Hall–Kier alpha value is -1.14. The molecule has 0 aliphatic rings. The van der Waals surface area contributed by atoms with Gasteiger partial charge in [-0.05, 0) is 25.6 Å². The quantitative estimate of drug-likeness (QED) is 0.513. The second-order valence-electron chi connectivity index (χ2n) is 3.28. The molecule has 0 bridgehead atoms. The first kappa shape index (κ1) is 12.9. The van der Waals surface area contributed by atoms with Crippen molar-refractivity contribution in [1.82, 2.24) is 5.32 Å². The summed E-state index contributed by atoms with van der Waals surface area (Å²) in [6.07, 6.45) is 0. The molecule has 0 amide bonds. The highest BCUT2D eigenvalue weighted by atomic mass is 79.9. The second-order valence-corrected chi connectivity index (χ2v) is 4.20. The van der Waals surface area contributed by atoms with Crippen LogP contribution >= 0.6 is 15.9 Å². The highest BCUT2D eigenvalue weighted by Gasteiger charge is 2.18. The first-order valence-electron chi connectivity index (χ1n) is 4.78. The lowest BCUT2D eigenvalue weighted by Gasteiger charge is -2.09. The molecule has 0 saturated carbocycles. The van der Waals surface area contributed by atoms with Gasteiger partial charge in [0.2, 0.25) is 0 Å². The maximum Gasteiger partial charge on any atom is 0.312 e. The second kappa shape index (κ2) is 5.81. The van der Waals surface area contributed by atoms with Crippen molar-refractivity contribution in [3.8, 4) is 5.75 Å². The molecule has 0 aromatic heterocycles. The third kappa shape index (κ3) is 3.18. The van der Waals surface area contributed by atoms with Gasteiger partial charge in [0.15, 0.2) is 5.75 Å². The molecule has 16 heavy (non-hydrogen) atoms. The van der Waals surface area contributed by atoms with Gasteiger partial charge < -0.3 is 10.1 Å². The maximum atomic E-state index is 10.8. The fraction of sp³-hybridized carbons (Fsp3) is 0.400.